The summed E-state index contributed by atoms with van der Waals surface area (Å²) in [5.74, 6) is 0.833. The fraction of sp³-hybridized carbons (Fsp3) is 0.622. The molecule has 0 heteroatoms. The van der Waals surface area contributed by atoms with Crippen LogP contribution in [0.5, 0.6) is 0 Å². The first kappa shape index (κ1) is 37.3. The van der Waals surface area contributed by atoms with Gasteiger partial charge in [0, 0.05) is 0 Å². The smallest absolute Gasteiger partial charge is 0.00668 e. The largest absolute Gasteiger partial charge is 0.106 e. The second-order valence-corrected chi connectivity index (χ2v) is 14.3. The zero-order valence-corrected chi connectivity index (χ0v) is 27.8. The van der Waals surface area contributed by atoms with E-state index in [-0.39, 0.29) is 16.2 Å². The second-order valence-electron chi connectivity index (χ2n) is 14.3. The van der Waals surface area contributed by atoms with Gasteiger partial charge in [-0.1, -0.05) is 138 Å². The van der Waals surface area contributed by atoms with Gasteiger partial charge in [-0.15, -0.1) is 13.2 Å². The van der Waals surface area contributed by atoms with Gasteiger partial charge in [-0.05, 0) is 84.0 Å². The number of hydrogen-bond acceptors (Lipinski definition) is 0. The van der Waals surface area contributed by atoms with Crippen LogP contribution in [0.4, 0.5) is 0 Å². The third kappa shape index (κ3) is 17.3. The number of hydrogen-bond donors (Lipinski definition) is 0. The molecule has 0 N–H and O–H groups in total. The van der Waals surface area contributed by atoms with Crippen LogP contribution >= 0.6 is 0 Å². The minimum atomic E-state index is 0.166. The lowest BCUT2D eigenvalue weighted by Gasteiger charge is -2.26. The van der Waals surface area contributed by atoms with Gasteiger partial charge in [0.05, 0.1) is 0 Å². The molecule has 0 heterocycles. The minimum Gasteiger partial charge on any atom is -0.106 e. The molecule has 0 aliphatic carbocycles. The van der Waals surface area contributed by atoms with Gasteiger partial charge in [-0.3, -0.25) is 0 Å². The Labute approximate surface area is 234 Å². The first-order valence-corrected chi connectivity index (χ1v) is 14.5. The predicted molar refractivity (Wildman–Crippen MR) is 174 cm³/mol. The van der Waals surface area contributed by atoms with Gasteiger partial charge in [0.15, 0.2) is 0 Å². The molecule has 0 aliphatic rings. The van der Waals surface area contributed by atoms with Gasteiger partial charge in [0.1, 0.15) is 0 Å². The van der Waals surface area contributed by atoms with Crippen LogP contribution in [0.15, 0.2) is 66.3 Å². The summed E-state index contributed by atoms with van der Waals surface area (Å²) in [5, 5.41) is 0. The van der Waals surface area contributed by atoms with Crippen molar-refractivity contribution in [1.29, 1.82) is 0 Å². The van der Waals surface area contributed by atoms with Crippen molar-refractivity contribution >= 4 is 0 Å². The number of allylic oxidation sites excluding steroid dienone is 6. The molecule has 1 aromatic carbocycles. The van der Waals surface area contributed by atoms with Crippen LogP contribution in [0.1, 0.15) is 140 Å². The zero-order chi connectivity index (χ0) is 29.6. The summed E-state index contributed by atoms with van der Waals surface area (Å²) in [6.45, 7) is 40.0. The molecule has 0 atom stereocenters. The SMILES string of the molecule is C=C.CC(C)C.CC/C=C(\CC/C=C(\C=C(C)C)C(C)(C)C)Cc1cc(C(C)(C)C)cc(C(C)(C)C)c1. The van der Waals surface area contributed by atoms with Gasteiger partial charge in [-0.25, -0.2) is 0 Å². The van der Waals surface area contributed by atoms with Crippen LogP contribution in [-0.4, -0.2) is 0 Å². The lowest BCUT2D eigenvalue weighted by Crippen LogP contribution is -2.17. The van der Waals surface area contributed by atoms with Crippen molar-refractivity contribution in [3.8, 4) is 0 Å². The fourth-order valence-corrected chi connectivity index (χ4v) is 3.78. The molecule has 212 valence electrons. The number of benzene rings is 1. The van der Waals surface area contributed by atoms with Crippen molar-refractivity contribution in [3.63, 3.8) is 0 Å². The zero-order valence-electron chi connectivity index (χ0n) is 27.8. The van der Waals surface area contributed by atoms with E-state index < -0.39 is 0 Å². The Morgan fingerprint density at radius 3 is 1.54 bits per heavy atom. The van der Waals surface area contributed by atoms with Crippen LogP contribution in [0.25, 0.3) is 0 Å². The van der Waals surface area contributed by atoms with Crippen LogP contribution in [0.2, 0.25) is 0 Å². The van der Waals surface area contributed by atoms with E-state index >= 15 is 0 Å². The number of rotatable bonds is 7. The molecule has 0 saturated heterocycles. The lowest BCUT2D eigenvalue weighted by molar-refractivity contribution is 0.513. The third-order valence-electron chi connectivity index (χ3n) is 5.79. The molecule has 0 radical (unpaired) electrons. The van der Waals surface area contributed by atoms with Crippen LogP contribution in [0, 0.1) is 11.3 Å². The molecular formula is C37H64. The van der Waals surface area contributed by atoms with E-state index in [2.05, 4.69) is 153 Å². The molecule has 0 aromatic heterocycles. The molecule has 1 rings (SSSR count). The standard InChI is InChI=1S/C31H50.C4H10.C2H4/c1-13-15-24(16-14-17-26(18-23(2)3)29(4,5)6)19-25-20-27(30(7,8)9)22-28(21-25)31(10,11)12;1-4(2)3;1-2/h15,17-18,20-22H,13-14,16,19H2,1-12H3;4H,1-3H3;1-2H2/b24-15+,26-17+;;. The average molecular weight is 509 g/mol. The highest BCUT2D eigenvalue weighted by atomic mass is 14.3. The van der Waals surface area contributed by atoms with Crippen molar-refractivity contribution in [3.05, 3.63) is 83.0 Å². The van der Waals surface area contributed by atoms with Crippen LogP contribution in [0.3, 0.4) is 0 Å². The molecule has 0 saturated carbocycles. The quantitative estimate of drug-likeness (QED) is 0.254. The average Bonchev–Trinajstić information content (AvgIpc) is 2.71. The van der Waals surface area contributed by atoms with Crippen molar-refractivity contribution in [1.82, 2.24) is 0 Å². The monoisotopic (exact) mass is 509 g/mol. The van der Waals surface area contributed by atoms with Crippen molar-refractivity contribution in [2.24, 2.45) is 11.3 Å². The molecule has 0 amide bonds. The maximum Gasteiger partial charge on any atom is -0.00668 e. The fourth-order valence-electron chi connectivity index (χ4n) is 3.78. The van der Waals surface area contributed by atoms with Gasteiger partial charge >= 0.3 is 0 Å². The molecular weight excluding hydrogens is 444 g/mol. The highest BCUT2D eigenvalue weighted by Crippen LogP contribution is 2.32. The topological polar surface area (TPSA) is 0 Å². The van der Waals surface area contributed by atoms with Crippen molar-refractivity contribution < 1.29 is 0 Å². The van der Waals surface area contributed by atoms with E-state index in [0.29, 0.717) is 0 Å². The summed E-state index contributed by atoms with van der Waals surface area (Å²) in [6, 6.07) is 7.31. The van der Waals surface area contributed by atoms with Crippen LogP contribution < -0.4 is 0 Å². The Balaban J connectivity index is 0. The molecule has 0 bridgehead atoms. The van der Waals surface area contributed by atoms with Crippen molar-refractivity contribution in [2.75, 3.05) is 0 Å². The molecule has 0 fully saturated rings. The third-order valence-corrected chi connectivity index (χ3v) is 5.79. The Bertz CT molecular complexity index is 825. The Morgan fingerprint density at radius 1 is 0.784 bits per heavy atom. The maximum absolute atomic E-state index is 3.00. The summed E-state index contributed by atoms with van der Waals surface area (Å²) in [4.78, 5) is 0. The van der Waals surface area contributed by atoms with E-state index in [9.17, 15) is 0 Å². The second kappa shape index (κ2) is 16.9. The highest BCUT2D eigenvalue weighted by molar-refractivity contribution is 5.39. The van der Waals surface area contributed by atoms with E-state index in [1.165, 1.54) is 27.8 Å². The van der Waals surface area contributed by atoms with E-state index in [1.54, 1.807) is 5.57 Å². The molecule has 0 nitrogen and oxygen atoms in total. The first-order valence-electron chi connectivity index (χ1n) is 14.5. The maximum atomic E-state index is 3.00. The van der Waals surface area contributed by atoms with E-state index in [1.807, 2.05) is 0 Å². The molecule has 0 unspecified atom stereocenters. The normalized spacial score (nSPS) is 12.9. The van der Waals surface area contributed by atoms with E-state index in [4.69, 9.17) is 0 Å². The Hall–Kier alpha value is -1.82. The molecule has 0 aliphatic heterocycles. The summed E-state index contributed by atoms with van der Waals surface area (Å²) in [7, 11) is 0. The Kier molecular flexibility index (Phi) is 17.1. The van der Waals surface area contributed by atoms with Gasteiger partial charge < -0.3 is 0 Å². The van der Waals surface area contributed by atoms with Gasteiger partial charge in [0.2, 0.25) is 0 Å². The summed E-state index contributed by atoms with van der Waals surface area (Å²) >= 11 is 0. The molecule has 1 aromatic rings. The minimum absolute atomic E-state index is 0.166. The summed E-state index contributed by atoms with van der Waals surface area (Å²) < 4.78 is 0. The predicted octanol–water partition coefficient (Wildman–Crippen LogP) is 12.3. The summed E-state index contributed by atoms with van der Waals surface area (Å²) in [6.07, 6.45) is 11.7. The molecule has 0 spiro atoms. The van der Waals surface area contributed by atoms with E-state index in [0.717, 1.165) is 31.6 Å². The molecule has 37 heavy (non-hydrogen) atoms. The van der Waals surface area contributed by atoms with Gasteiger partial charge in [-0.2, -0.15) is 0 Å². The van der Waals surface area contributed by atoms with Gasteiger partial charge in [0.25, 0.3) is 0 Å². The first-order chi connectivity index (χ1) is 16.8. The lowest BCUT2D eigenvalue weighted by atomic mass is 9.79. The van der Waals surface area contributed by atoms with Crippen molar-refractivity contribution in [2.45, 2.75) is 140 Å². The summed E-state index contributed by atoms with van der Waals surface area (Å²) in [5.41, 5.74) is 9.27. The highest BCUT2D eigenvalue weighted by Gasteiger charge is 2.21. The Morgan fingerprint density at radius 2 is 1.22 bits per heavy atom. The van der Waals surface area contributed by atoms with Crippen LogP contribution in [-0.2, 0) is 17.3 Å².